The molecule has 0 unspecified atom stereocenters. The molecule has 28 heavy (non-hydrogen) atoms. The number of halogens is 1. The van der Waals surface area contributed by atoms with Gasteiger partial charge in [-0.15, -0.1) is 0 Å². The zero-order chi connectivity index (χ0) is 21.1. The molecule has 1 aromatic carbocycles. The number of carbonyl (C=O) groups excluding carboxylic acids is 1. The topological polar surface area (TPSA) is 69.7 Å². The van der Waals surface area contributed by atoms with Gasteiger partial charge in [0.25, 0.3) is 0 Å². The van der Waals surface area contributed by atoms with Gasteiger partial charge >= 0.3 is 0 Å². The van der Waals surface area contributed by atoms with E-state index >= 15 is 0 Å². The Kier molecular flexibility index (Phi) is 7.22. The molecule has 1 heterocycles. The molecule has 0 aliphatic carbocycles. The van der Waals surface area contributed by atoms with Crippen molar-refractivity contribution in [3.05, 3.63) is 29.6 Å². The van der Waals surface area contributed by atoms with Gasteiger partial charge in [0.15, 0.2) is 0 Å². The maximum Gasteiger partial charge on any atom is 0.243 e. The van der Waals surface area contributed by atoms with E-state index in [0.717, 1.165) is 12.6 Å². The molecule has 1 aliphatic rings. The summed E-state index contributed by atoms with van der Waals surface area (Å²) in [6.07, 6.45) is 0.932. The van der Waals surface area contributed by atoms with Crippen LogP contribution in [0, 0.1) is 24.1 Å². The summed E-state index contributed by atoms with van der Waals surface area (Å²) in [5.41, 5.74) is 0.474. The highest BCUT2D eigenvalue weighted by Gasteiger charge is 2.33. The summed E-state index contributed by atoms with van der Waals surface area (Å²) in [7, 11) is 0.243. The minimum Gasteiger partial charge on any atom is -0.355 e. The number of hydrogen-bond acceptors (Lipinski definition) is 4. The number of sulfonamides is 1. The number of amides is 1. The standard InChI is InChI=1S/C20H32FN3O3S/c1-15-6-7-17(21)12-18(15)28(26,27)24-10-8-16(9-11-24)19(25)22-13-20(2,3)14-23(4)5/h6-7,12,16H,8-11,13-14H2,1-5H3,(H,22,25). The third-order valence-corrected chi connectivity index (χ3v) is 7.12. The van der Waals surface area contributed by atoms with Gasteiger partial charge in [0.2, 0.25) is 15.9 Å². The molecule has 8 heteroatoms. The van der Waals surface area contributed by atoms with Crippen LogP contribution in [-0.2, 0) is 14.8 Å². The molecule has 1 N–H and O–H groups in total. The van der Waals surface area contributed by atoms with E-state index in [1.54, 1.807) is 6.92 Å². The van der Waals surface area contributed by atoms with Gasteiger partial charge in [-0.1, -0.05) is 19.9 Å². The summed E-state index contributed by atoms with van der Waals surface area (Å²) in [6.45, 7) is 7.81. The number of benzene rings is 1. The highest BCUT2D eigenvalue weighted by molar-refractivity contribution is 7.89. The fourth-order valence-electron chi connectivity index (χ4n) is 3.73. The van der Waals surface area contributed by atoms with E-state index in [2.05, 4.69) is 24.1 Å². The van der Waals surface area contributed by atoms with Crippen LogP contribution >= 0.6 is 0 Å². The van der Waals surface area contributed by atoms with E-state index < -0.39 is 15.8 Å². The summed E-state index contributed by atoms with van der Waals surface area (Å²) in [5, 5.41) is 3.02. The molecule has 158 valence electrons. The van der Waals surface area contributed by atoms with E-state index in [1.165, 1.54) is 16.4 Å². The Bertz CT molecular complexity index is 801. The van der Waals surface area contributed by atoms with E-state index in [4.69, 9.17) is 0 Å². The number of nitrogens with one attached hydrogen (secondary N) is 1. The quantitative estimate of drug-likeness (QED) is 0.744. The first-order chi connectivity index (χ1) is 12.9. The van der Waals surface area contributed by atoms with Gasteiger partial charge < -0.3 is 10.2 Å². The second kappa shape index (κ2) is 8.88. The summed E-state index contributed by atoms with van der Waals surface area (Å²) < 4.78 is 40.6. The maximum absolute atomic E-state index is 13.5. The van der Waals surface area contributed by atoms with Crippen molar-refractivity contribution in [3.63, 3.8) is 0 Å². The Labute approximate surface area is 168 Å². The molecule has 0 spiro atoms. The Morgan fingerprint density at radius 3 is 2.46 bits per heavy atom. The molecule has 1 aliphatic heterocycles. The SMILES string of the molecule is Cc1ccc(F)cc1S(=O)(=O)N1CCC(C(=O)NCC(C)(C)CN(C)C)CC1. The zero-order valence-corrected chi connectivity index (χ0v) is 18.3. The average molecular weight is 414 g/mol. The molecule has 0 bridgehead atoms. The maximum atomic E-state index is 13.5. The molecule has 2 rings (SSSR count). The molecule has 0 aromatic heterocycles. The van der Waals surface area contributed by atoms with E-state index in [-0.39, 0.29) is 35.2 Å². The number of hydrogen-bond donors (Lipinski definition) is 1. The van der Waals surface area contributed by atoms with Crippen LogP contribution in [0.2, 0.25) is 0 Å². The highest BCUT2D eigenvalue weighted by atomic mass is 32.2. The molecule has 0 saturated carbocycles. The van der Waals surface area contributed by atoms with Crippen LogP contribution in [-0.4, -0.2) is 63.8 Å². The van der Waals surface area contributed by atoms with Gasteiger partial charge in [0.1, 0.15) is 5.82 Å². The van der Waals surface area contributed by atoms with Crippen LogP contribution in [0.15, 0.2) is 23.1 Å². The fourth-order valence-corrected chi connectivity index (χ4v) is 5.44. The average Bonchev–Trinajstić information content (AvgIpc) is 2.60. The fraction of sp³-hybridized carbons (Fsp3) is 0.650. The summed E-state index contributed by atoms with van der Waals surface area (Å²) in [4.78, 5) is 14.6. The van der Waals surface area contributed by atoms with Crippen LogP contribution in [0.25, 0.3) is 0 Å². The van der Waals surface area contributed by atoms with Crippen molar-refractivity contribution in [3.8, 4) is 0 Å². The Hall–Kier alpha value is -1.51. The molecular formula is C20H32FN3O3S. The number of aryl methyl sites for hydroxylation is 1. The molecule has 1 saturated heterocycles. The van der Waals surface area contributed by atoms with E-state index in [0.29, 0.717) is 24.9 Å². The normalized spacial score (nSPS) is 17.1. The van der Waals surface area contributed by atoms with Crippen LogP contribution in [0.3, 0.4) is 0 Å². The minimum absolute atomic E-state index is 0.000775. The second-order valence-electron chi connectivity index (χ2n) is 8.71. The van der Waals surface area contributed by atoms with E-state index in [9.17, 15) is 17.6 Å². The molecule has 1 fully saturated rings. The first-order valence-electron chi connectivity index (χ1n) is 9.61. The first kappa shape index (κ1) is 22.8. The molecule has 0 radical (unpaired) electrons. The van der Waals surface area contributed by atoms with Gasteiger partial charge in [-0.05, 0) is 57.0 Å². The number of carbonyl (C=O) groups is 1. The molecule has 1 aromatic rings. The van der Waals surface area contributed by atoms with Gasteiger partial charge in [-0.25, -0.2) is 12.8 Å². The molecule has 6 nitrogen and oxygen atoms in total. The van der Waals surface area contributed by atoms with Crippen LogP contribution in [0.5, 0.6) is 0 Å². The Morgan fingerprint density at radius 2 is 1.89 bits per heavy atom. The number of piperidine rings is 1. The lowest BCUT2D eigenvalue weighted by Crippen LogP contribution is -2.46. The lowest BCUT2D eigenvalue weighted by Gasteiger charge is -2.32. The van der Waals surface area contributed by atoms with Crippen LogP contribution in [0.1, 0.15) is 32.3 Å². The Morgan fingerprint density at radius 1 is 1.29 bits per heavy atom. The van der Waals surface area contributed by atoms with Crippen LogP contribution < -0.4 is 5.32 Å². The molecule has 1 amide bonds. The van der Waals surface area contributed by atoms with Crippen molar-refractivity contribution in [2.24, 2.45) is 11.3 Å². The van der Waals surface area contributed by atoms with Crippen molar-refractivity contribution < 1.29 is 17.6 Å². The lowest BCUT2D eigenvalue weighted by molar-refractivity contribution is -0.126. The monoisotopic (exact) mass is 413 g/mol. The van der Waals surface area contributed by atoms with Crippen molar-refractivity contribution in [2.45, 2.75) is 38.5 Å². The van der Waals surface area contributed by atoms with Gasteiger partial charge in [-0.2, -0.15) is 4.31 Å². The predicted octanol–water partition coefficient (Wildman–Crippen LogP) is 2.24. The summed E-state index contributed by atoms with van der Waals surface area (Å²) in [5.74, 6) is -0.792. The van der Waals surface area contributed by atoms with Crippen molar-refractivity contribution in [1.82, 2.24) is 14.5 Å². The molecule has 0 atom stereocenters. The smallest absolute Gasteiger partial charge is 0.243 e. The van der Waals surface area contributed by atoms with Crippen molar-refractivity contribution in [1.29, 1.82) is 0 Å². The number of nitrogens with zero attached hydrogens (tertiary/aromatic N) is 2. The van der Waals surface area contributed by atoms with Crippen LogP contribution in [0.4, 0.5) is 4.39 Å². The predicted molar refractivity (Wildman–Crippen MR) is 108 cm³/mol. The zero-order valence-electron chi connectivity index (χ0n) is 17.5. The minimum atomic E-state index is -3.76. The number of rotatable bonds is 7. The summed E-state index contributed by atoms with van der Waals surface area (Å²) >= 11 is 0. The lowest BCUT2D eigenvalue weighted by atomic mass is 9.91. The molecular weight excluding hydrogens is 381 g/mol. The van der Waals surface area contributed by atoms with Crippen molar-refractivity contribution >= 4 is 15.9 Å². The van der Waals surface area contributed by atoms with Gasteiger partial charge in [0.05, 0.1) is 4.90 Å². The van der Waals surface area contributed by atoms with E-state index in [1.807, 2.05) is 14.1 Å². The second-order valence-corrected chi connectivity index (χ2v) is 10.6. The van der Waals surface area contributed by atoms with Crippen molar-refractivity contribution in [2.75, 3.05) is 40.3 Å². The Balaban J connectivity index is 1.95. The van der Waals surface area contributed by atoms with Gasteiger partial charge in [0, 0.05) is 32.1 Å². The third kappa shape index (κ3) is 5.75. The first-order valence-corrected chi connectivity index (χ1v) is 11.1. The highest BCUT2D eigenvalue weighted by Crippen LogP contribution is 2.26. The van der Waals surface area contributed by atoms with Gasteiger partial charge in [-0.3, -0.25) is 4.79 Å². The third-order valence-electron chi connectivity index (χ3n) is 5.08. The summed E-state index contributed by atoms with van der Waals surface area (Å²) in [6, 6.07) is 3.79. The largest absolute Gasteiger partial charge is 0.355 e.